The molecular weight excluding hydrogens is 608 g/mol. The van der Waals surface area contributed by atoms with Crippen molar-refractivity contribution >= 4 is 47.4 Å². The second-order valence-electron chi connectivity index (χ2n) is 11.6. The zero-order valence-electron chi connectivity index (χ0n) is 25.7. The number of esters is 1. The lowest BCUT2D eigenvalue weighted by atomic mass is 9.92. The van der Waals surface area contributed by atoms with Gasteiger partial charge in [-0.3, -0.25) is 4.57 Å². The molecule has 5 aromatic rings. The molecule has 0 spiro atoms. The molecule has 0 aromatic heterocycles. The van der Waals surface area contributed by atoms with Gasteiger partial charge >= 0.3 is 5.97 Å². The number of hydrogen-bond donors (Lipinski definition) is 1. The van der Waals surface area contributed by atoms with E-state index in [0.717, 1.165) is 34.3 Å². The van der Waals surface area contributed by atoms with Crippen molar-refractivity contribution in [3.05, 3.63) is 157 Å². The summed E-state index contributed by atoms with van der Waals surface area (Å²) in [5.41, 5.74) is 0.928. The maximum absolute atomic E-state index is 14.4. The van der Waals surface area contributed by atoms with Gasteiger partial charge in [-0.05, 0) is 59.8 Å². The van der Waals surface area contributed by atoms with Crippen molar-refractivity contribution < 1.29 is 19.0 Å². The number of ether oxygens (including phenoxy) is 1. The highest BCUT2D eigenvalue weighted by Crippen LogP contribution is 2.49. The first-order chi connectivity index (χ1) is 22.5. The minimum absolute atomic E-state index is 0.265. The summed E-state index contributed by atoms with van der Waals surface area (Å²) >= 11 is 0. The fourth-order valence-electron chi connectivity index (χ4n) is 6.51. The van der Waals surface area contributed by atoms with Crippen molar-refractivity contribution in [2.75, 3.05) is 0 Å². The van der Waals surface area contributed by atoms with Crippen LogP contribution in [0.1, 0.15) is 31.2 Å². The van der Waals surface area contributed by atoms with Crippen LogP contribution in [0.5, 0.6) is 0 Å². The van der Waals surface area contributed by atoms with E-state index in [1.165, 1.54) is 0 Å². The Labute approximate surface area is 272 Å². The average Bonchev–Trinajstić information content (AvgIpc) is 3.12. The maximum atomic E-state index is 14.4. The number of hydrogen-bond acceptors (Lipinski definition) is 3. The largest absolute Gasteiger partial charge is 0.457 e. The van der Waals surface area contributed by atoms with Crippen LogP contribution >= 0.6 is 14.4 Å². The first-order valence-electron chi connectivity index (χ1n) is 15.8. The Balaban J connectivity index is 1.42. The third kappa shape index (κ3) is 6.89. The van der Waals surface area contributed by atoms with E-state index >= 15 is 0 Å². The van der Waals surface area contributed by atoms with Crippen LogP contribution in [0.25, 0.3) is 0 Å². The Morgan fingerprint density at radius 1 is 0.652 bits per heavy atom. The predicted octanol–water partition coefficient (Wildman–Crippen LogP) is 6.65. The van der Waals surface area contributed by atoms with Crippen molar-refractivity contribution in [1.82, 2.24) is 4.67 Å². The van der Waals surface area contributed by atoms with Gasteiger partial charge in [-0.2, -0.15) is 0 Å². The quantitative estimate of drug-likeness (QED) is 0.136. The monoisotopic (exact) mass is 647 g/mol. The van der Waals surface area contributed by atoms with Crippen LogP contribution < -0.4 is 21.2 Å². The first kappa shape index (κ1) is 32.0. The fraction of sp³-hybridized carbons (Fsp3) is 0.179. The lowest BCUT2D eigenvalue weighted by Crippen LogP contribution is -2.47. The normalized spacial score (nSPS) is 18.0. The van der Waals surface area contributed by atoms with Gasteiger partial charge in [-0.15, -0.1) is 0 Å². The smallest absolute Gasteiger partial charge is 0.332 e. The first-order valence-corrected chi connectivity index (χ1v) is 19.3. The van der Waals surface area contributed by atoms with E-state index < -0.39 is 32.5 Å². The van der Waals surface area contributed by atoms with Crippen LogP contribution in [-0.4, -0.2) is 33.5 Å². The molecule has 1 aliphatic carbocycles. The summed E-state index contributed by atoms with van der Waals surface area (Å²) < 4.78 is 22.5. The molecule has 0 heterocycles. The molecule has 5 aromatic carbocycles. The van der Waals surface area contributed by atoms with Crippen molar-refractivity contribution in [2.45, 2.75) is 44.4 Å². The van der Waals surface area contributed by atoms with E-state index in [-0.39, 0.29) is 6.54 Å². The summed E-state index contributed by atoms with van der Waals surface area (Å²) in [6.45, 7) is -2.31. The third-order valence-electron chi connectivity index (χ3n) is 8.74. The molecule has 0 radical (unpaired) electrons. The molecule has 6 rings (SSSR count). The number of carbonyl (C=O) groups excluding carboxylic acids is 1. The Bertz CT molecular complexity index is 1710. The molecule has 7 heteroatoms. The fourth-order valence-corrected chi connectivity index (χ4v) is 12.0. The third-order valence-corrected chi connectivity index (χ3v) is 14.8. The molecule has 46 heavy (non-hydrogen) atoms. The SMILES string of the molecule is O=C(C=P(c1ccccc1)(c1ccccc1)c1ccccc1)O[C@H]1CCCC[C@@H]1N(Cc1ccccc1)P(=O)(O)c1ccccc1. The number of nitrogens with zero attached hydrogens (tertiary/aromatic N) is 1. The topological polar surface area (TPSA) is 66.8 Å². The van der Waals surface area contributed by atoms with Gasteiger partial charge in [-0.25, -0.2) is 9.46 Å². The van der Waals surface area contributed by atoms with Crippen LogP contribution in [-0.2, 0) is 20.6 Å². The second kappa shape index (κ2) is 14.6. The van der Waals surface area contributed by atoms with E-state index in [9.17, 15) is 14.3 Å². The number of benzene rings is 5. The van der Waals surface area contributed by atoms with Crippen LogP contribution in [0, 0.1) is 0 Å². The average molecular weight is 648 g/mol. The Kier molecular flexibility index (Phi) is 10.2. The molecule has 0 aliphatic heterocycles. The highest BCUT2D eigenvalue weighted by atomic mass is 31.2. The van der Waals surface area contributed by atoms with Gasteiger partial charge in [0.25, 0.3) is 7.52 Å². The predicted molar refractivity (Wildman–Crippen MR) is 191 cm³/mol. The summed E-state index contributed by atoms with van der Waals surface area (Å²) in [4.78, 5) is 26.1. The summed E-state index contributed by atoms with van der Waals surface area (Å²) in [5, 5.41) is 3.54. The summed E-state index contributed by atoms with van der Waals surface area (Å²) in [6, 6.07) is 48.7. The maximum Gasteiger partial charge on any atom is 0.332 e. The molecule has 234 valence electrons. The van der Waals surface area contributed by atoms with Crippen LogP contribution in [0.4, 0.5) is 0 Å². The lowest BCUT2D eigenvalue weighted by molar-refractivity contribution is -0.144. The molecule has 1 fully saturated rings. The molecule has 1 unspecified atom stereocenters. The summed E-state index contributed by atoms with van der Waals surface area (Å²) in [7, 11) is -4.02. The number of rotatable bonds is 10. The van der Waals surface area contributed by atoms with Crippen LogP contribution in [0.2, 0.25) is 0 Å². The molecule has 3 atom stereocenters. The molecule has 1 aliphatic rings. The van der Waals surface area contributed by atoms with Crippen LogP contribution in [0.15, 0.2) is 152 Å². The summed E-state index contributed by atoms with van der Waals surface area (Å²) in [6.07, 6.45) is 2.49. The molecule has 1 saturated carbocycles. The Hall–Kier alpha value is -3.98. The van der Waals surface area contributed by atoms with E-state index in [2.05, 4.69) is 36.4 Å². The van der Waals surface area contributed by atoms with Crippen LogP contribution in [0.3, 0.4) is 0 Å². The van der Waals surface area contributed by atoms with E-state index in [4.69, 9.17) is 4.74 Å². The minimum atomic E-state index is -4.02. The molecule has 0 saturated heterocycles. The highest BCUT2D eigenvalue weighted by Gasteiger charge is 2.42. The van der Waals surface area contributed by atoms with Gasteiger partial charge in [0.15, 0.2) is 0 Å². The molecule has 0 bridgehead atoms. The van der Waals surface area contributed by atoms with Gasteiger partial charge in [0.1, 0.15) is 6.10 Å². The second-order valence-corrected chi connectivity index (χ2v) is 17.0. The highest BCUT2D eigenvalue weighted by molar-refractivity contribution is 7.95. The molecular formula is C39H39NO4P2. The van der Waals surface area contributed by atoms with Gasteiger partial charge in [-0.1, -0.05) is 146 Å². The molecule has 0 amide bonds. The van der Waals surface area contributed by atoms with Gasteiger partial charge < -0.3 is 9.63 Å². The Morgan fingerprint density at radius 3 is 1.54 bits per heavy atom. The van der Waals surface area contributed by atoms with Gasteiger partial charge in [0, 0.05) is 12.3 Å². The minimum Gasteiger partial charge on any atom is -0.457 e. The van der Waals surface area contributed by atoms with Gasteiger partial charge in [0.05, 0.1) is 11.3 Å². The molecule has 1 N–H and O–H groups in total. The summed E-state index contributed by atoms with van der Waals surface area (Å²) in [5.74, 6) is 1.39. The van der Waals surface area contributed by atoms with Crippen molar-refractivity contribution in [1.29, 1.82) is 0 Å². The van der Waals surface area contributed by atoms with Crippen molar-refractivity contribution in [3.8, 4) is 0 Å². The molecule has 5 nitrogen and oxygen atoms in total. The lowest BCUT2D eigenvalue weighted by Gasteiger charge is -2.41. The zero-order valence-corrected chi connectivity index (χ0v) is 27.5. The van der Waals surface area contributed by atoms with E-state index in [0.29, 0.717) is 18.1 Å². The van der Waals surface area contributed by atoms with E-state index in [1.54, 1.807) is 34.7 Å². The van der Waals surface area contributed by atoms with Gasteiger partial charge in [0.2, 0.25) is 0 Å². The zero-order chi connectivity index (χ0) is 31.8. The van der Waals surface area contributed by atoms with Crippen molar-refractivity contribution in [2.24, 2.45) is 0 Å². The Morgan fingerprint density at radius 2 is 1.07 bits per heavy atom. The van der Waals surface area contributed by atoms with E-state index in [1.807, 2.05) is 91.0 Å². The number of carbonyl (C=O) groups is 1. The standard InChI is InChI=1S/C39H39NO4P2/c41-39(31-45(33-20-8-2-9-21-33,34-22-10-3-11-23-34)35-24-12-4-13-25-35)44-38-29-17-16-28-37(38)40(30-32-18-6-1-7-19-32)46(42,43)36-26-14-5-15-27-36/h1-15,18-27,31,37-38H,16-17,28-30H2,(H,42,43)/t37-,38-/m0/s1. The van der Waals surface area contributed by atoms with Crippen molar-refractivity contribution in [3.63, 3.8) is 0 Å².